The molecule has 2 aromatic rings. The van der Waals surface area contributed by atoms with Crippen LogP contribution >= 0.6 is 0 Å². The van der Waals surface area contributed by atoms with E-state index in [1.54, 1.807) is 38.4 Å². The van der Waals surface area contributed by atoms with Gasteiger partial charge in [0.15, 0.2) is 0 Å². The van der Waals surface area contributed by atoms with E-state index in [0.717, 1.165) is 17.6 Å². The van der Waals surface area contributed by atoms with Gasteiger partial charge < -0.3 is 19.1 Å². The van der Waals surface area contributed by atoms with Gasteiger partial charge in [0.2, 0.25) is 0 Å². The molecule has 9 heteroatoms. The molecule has 2 atom stereocenters. The number of cyclic esters (lactones) is 1. The Kier molecular flexibility index (Phi) is 5.92. The molecule has 2 fully saturated rings. The predicted octanol–water partition coefficient (Wildman–Crippen LogP) is 3.60. The first-order valence-electron chi connectivity index (χ1n) is 10.5. The zero-order valence-electron chi connectivity index (χ0n) is 18.5. The summed E-state index contributed by atoms with van der Waals surface area (Å²) >= 11 is 0. The van der Waals surface area contributed by atoms with Crippen molar-refractivity contribution in [2.45, 2.75) is 24.2 Å². The number of carbonyl (C=O) groups is 2. The lowest BCUT2D eigenvalue weighted by atomic mass is 9.75. The van der Waals surface area contributed by atoms with E-state index in [1.807, 2.05) is 0 Å². The Labute approximate surface area is 193 Å². The Morgan fingerprint density at radius 3 is 2.48 bits per heavy atom. The molecule has 0 spiro atoms. The van der Waals surface area contributed by atoms with Crippen molar-refractivity contribution in [1.82, 2.24) is 4.90 Å². The van der Waals surface area contributed by atoms with E-state index in [-0.39, 0.29) is 28.6 Å². The second-order valence-corrected chi connectivity index (χ2v) is 10.3. The maximum absolute atomic E-state index is 12.6. The number of carbonyl (C=O) groups excluding carboxylic acids is 2. The van der Waals surface area contributed by atoms with Crippen LogP contribution in [0.5, 0.6) is 5.75 Å². The van der Waals surface area contributed by atoms with E-state index in [0.29, 0.717) is 25.1 Å². The number of rotatable bonds is 6. The van der Waals surface area contributed by atoms with Crippen LogP contribution in [0.1, 0.15) is 18.4 Å². The topological polar surface area (TPSA) is 102 Å². The number of benzene rings is 2. The summed E-state index contributed by atoms with van der Waals surface area (Å²) in [5, 5.41) is 2.64. The van der Waals surface area contributed by atoms with E-state index < -0.39 is 15.5 Å². The fourth-order valence-electron chi connectivity index (χ4n) is 4.40. The molecule has 174 valence electrons. The summed E-state index contributed by atoms with van der Waals surface area (Å²) < 4.78 is 35.9. The van der Waals surface area contributed by atoms with Crippen LogP contribution < -0.4 is 9.50 Å². The molecule has 2 amide bonds. The molecule has 33 heavy (non-hydrogen) atoms. The van der Waals surface area contributed by atoms with Gasteiger partial charge in [0.05, 0.1) is 12.0 Å². The number of fused-ring (bicyclic) bond motifs is 1. The van der Waals surface area contributed by atoms with Crippen LogP contribution in [0.2, 0.25) is 0 Å². The summed E-state index contributed by atoms with van der Waals surface area (Å²) in [4.78, 5) is 25.5. The third kappa shape index (κ3) is 4.59. The maximum Gasteiger partial charge on any atom is 0.339 e. The Bertz CT molecular complexity index is 1190. The normalized spacial score (nSPS) is 21.9. The van der Waals surface area contributed by atoms with Gasteiger partial charge in [-0.3, -0.25) is 4.79 Å². The highest BCUT2D eigenvalue weighted by atomic mass is 32.2. The predicted molar refractivity (Wildman–Crippen MR) is 122 cm³/mol. The van der Waals surface area contributed by atoms with Gasteiger partial charge in [0, 0.05) is 25.7 Å². The number of hydrogen-bond donors (Lipinski definition) is 1. The van der Waals surface area contributed by atoms with Crippen LogP contribution in [-0.2, 0) is 26.1 Å². The van der Waals surface area contributed by atoms with E-state index in [2.05, 4.69) is 11.9 Å². The van der Waals surface area contributed by atoms with E-state index in [4.69, 9.17) is 8.92 Å². The van der Waals surface area contributed by atoms with Crippen molar-refractivity contribution in [3.8, 4) is 5.75 Å². The van der Waals surface area contributed by atoms with Crippen LogP contribution in [0, 0.1) is 11.3 Å². The van der Waals surface area contributed by atoms with Gasteiger partial charge in [-0.1, -0.05) is 24.3 Å². The smallest absolute Gasteiger partial charge is 0.339 e. The number of nitrogens with zero attached hydrogens (tertiary/aromatic N) is 1. The minimum absolute atomic E-state index is 0.0330. The minimum atomic E-state index is -4.05. The van der Waals surface area contributed by atoms with Crippen molar-refractivity contribution < 1.29 is 26.9 Å². The standard InChI is InChI=1S/C24H26N2O6S/c1-16-12-18-15-31-22(27)24(18,13-16)14-17-4-8-20(9-5-17)32-33(29,30)21-10-6-19(7-11-21)25-23(28)26(2)3/h4-11,18H,1,12-15H2,2-3H3,(H,25,28). The zero-order valence-corrected chi connectivity index (χ0v) is 19.4. The number of esters is 1. The SMILES string of the molecule is C=C1CC2COC(=O)C2(Cc2ccc(OS(=O)(=O)c3ccc(NC(=O)N(C)C)cc3)cc2)C1. The molecule has 0 radical (unpaired) electrons. The summed E-state index contributed by atoms with van der Waals surface area (Å²) in [7, 11) is -0.838. The lowest BCUT2D eigenvalue weighted by Gasteiger charge is -2.24. The third-order valence-electron chi connectivity index (χ3n) is 6.15. The molecule has 4 rings (SSSR count). The Balaban J connectivity index is 1.44. The number of hydrogen-bond acceptors (Lipinski definition) is 6. The highest BCUT2D eigenvalue weighted by Crippen LogP contribution is 2.52. The first-order chi connectivity index (χ1) is 15.6. The van der Waals surface area contributed by atoms with Crippen LogP contribution in [-0.4, -0.2) is 46.0 Å². The van der Waals surface area contributed by atoms with Gasteiger partial charge in [-0.05, 0) is 61.2 Å². The molecular formula is C24H26N2O6S. The van der Waals surface area contributed by atoms with Gasteiger partial charge in [0.1, 0.15) is 10.6 Å². The number of amides is 2. The molecule has 8 nitrogen and oxygen atoms in total. The van der Waals surface area contributed by atoms with Crippen molar-refractivity contribution in [3.63, 3.8) is 0 Å². The van der Waals surface area contributed by atoms with Crippen molar-refractivity contribution in [2.75, 3.05) is 26.0 Å². The van der Waals surface area contributed by atoms with E-state index in [1.165, 1.54) is 29.2 Å². The van der Waals surface area contributed by atoms with Gasteiger partial charge in [-0.2, -0.15) is 8.42 Å². The lowest BCUT2D eigenvalue weighted by molar-refractivity contribution is -0.146. The maximum atomic E-state index is 12.6. The molecule has 1 aliphatic carbocycles. The Morgan fingerprint density at radius 2 is 1.85 bits per heavy atom. The van der Waals surface area contributed by atoms with Crippen LogP contribution in [0.15, 0.2) is 65.6 Å². The van der Waals surface area contributed by atoms with Gasteiger partial charge in [0.25, 0.3) is 0 Å². The molecule has 0 bridgehead atoms. The van der Waals surface area contributed by atoms with Crippen LogP contribution in [0.3, 0.4) is 0 Å². The molecule has 1 heterocycles. The molecule has 2 aliphatic rings. The molecule has 0 aromatic heterocycles. The fraction of sp³-hybridized carbons (Fsp3) is 0.333. The number of urea groups is 1. The molecular weight excluding hydrogens is 444 g/mol. The van der Waals surface area contributed by atoms with Crippen molar-refractivity contribution in [2.24, 2.45) is 11.3 Å². The summed E-state index contributed by atoms with van der Waals surface area (Å²) in [6.07, 6.45) is 1.93. The molecule has 1 aliphatic heterocycles. The highest BCUT2D eigenvalue weighted by molar-refractivity contribution is 7.87. The van der Waals surface area contributed by atoms with Crippen molar-refractivity contribution >= 4 is 27.8 Å². The Morgan fingerprint density at radius 1 is 1.18 bits per heavy atom. The number of ether oxygens (including phenoxy) is 1. The molecule has 1 saturated heterocycles. The molecule has 2 unspecified atom stereocenters. The molecule has 1 N–H and O–H groups in total. The van der Waals surface area contributed by atoms with Crippen molar-refractivity contribution in [1.29, 1.82) is 0 Å². The monoisotopic (exact) mass is 470 g/mol. The summed E-state index contributed by atoms with van der Waals surface area (Å²) in [6, 6.07) is 12.1. The highest BCUT2D eigenvalue weighted by Gasteiger charge is 2.55. The number of anilines is 1. The molecule has 2 aromatic carbocycles. The lowest BCUT2D eigenvalue weighted by Crippen LogP contribution is -2.31. The van der Waals surface area contributed by atoms with Gasteiger partial charge in [-0.25, -0.2) is 4.79 Å². The van der Waals surface area contributed by atoms with E-state index >= 15 is 0 Å². The van der Waals surface area contributed by atoms with Crippen LogP contribution in [0.25, 0.3) is 0 Å². The molecule has 1 saturated carbocycles. The minimum Gasteiger partial charge on any atom is -0.465 e. The third-order valence-corrected chi connectivity index (χ3v) is 7.41. The second kappa shape index (κ2) is 8.55. The number of nitrogens with one attached hydrogen (secondary N) is 1. The summed E-state index contributed by atoms with van der Waals surface area (Å²) in [5.41, 5.74) is 1.86. The van der Waals surface area contributed by atoms with E-state index in [9.17, 15) is 18.0 Å². The quantitative estimate of drug-likeness (QED) is 0.393. The van der Waals surface area contributed by atoms with Gasteiger partial charge in [-0.15, -0.1) is 0 Å². The first kappa shape index (κ1) is 22.8. The van der Waals surface area contributed by atoms with Crippen LogP contribution in [0.4, 0.5) is 10.5 Å². The average Bonchev–Trinajstić information content (AvgIpc) is 3.23. The Hall–Kier alpha value is -3.33. The first-order valence-corrected chi connectivity index (χ1v) is 12.0. The van der Waals surface area contributed by atoms with Crippen molar-refractivity contribution in [3.05, 3.63) is 66.2 Å². The zero-order chi connectivity index (χ0) is 23.8. The largest absolute Gasteiger partial charge is 0.465 e. The average molecular weight is 471 g/mol. The second-order valence-electron chi connectivity index (χ2n) is 8.79. The fourth-order valence-corrected chi connectivity index (χ4v) is 5.33. The summed E-state index contributed by atoms with van der Waals surface area (Å²) in [6.45, 7) is 4.48. The number of allylic oxidation sites excluding steroid dienone is 1. The summed E-state index contributed by atoms with van der Waals surface area (Å²) in [5.74, 6) is 0.126. The van der Waals surface area contributed by atoms with Gasteiger partial charge >= 0.3 is 22.1 Å².